The van der Waals surface area contributed by atoms with E-state index in [9.17, 15) is 8.42 Å². The lowest BCUT2D eigenvalue weighted by Crippen LogP contribution is -2.13. The van der Waals surface area contributed by atoms with E-state index in [4.69, 9.17) is 10.4 Å². The van der Waals surface area contributed by atoms with Crippen molar-refractivity contribution in [3.8, 4) is 0 Å². The van der Waals surface area contributed by atoms with E-state index in [-0.39, 0.29) is 10.8 Å². The molecule has 0 fully saturated rings. The van der Waals surface area contributed by atoms with Crippen molar-refractivity contribution >= 4 is 21.6 Å². The van der Waals surface area contributed by atoms with Crippen molar-refractivity contribution in [2.45, 2.75) is 18.7 Å². The van der Waals surface area contributed by atoms with Crippen molar-refractivity contribution in [1.29, 1.82) is 0 Å². The summed E-state index contributed by atoms with van der Waals surface area (Å²) in [6.07, 6.45) is 0. The lowest BCUT2D eigenvalue weighted by atomic mass is 10.3. The Kier molecular flexibility index (Phi) is 3.45. The number of nitrogens with two attached hydrogens (primary N) is 1. The minimum Gasteiger partial charge on any atom is -0.337 e. The summed E-state index contributed by atoms with van der Waals surface area (Å²) in [5.74, 6) is 5.34. The minimum atomic E-state index is -3.70. The van der Waals surface area contributed by atoms with Gasteiger partial charge in [-0.3, -0.25) is 5.84 Å². The smallest absolute Gasteiger partial charge is 0.264 e. The van der Waals surface area contributed by atoms with Crippen LogP contribution in [-0.4, -0.2) is 13.6 Å². The number of aryl methyl sites for hydroxylation is 1. The van der Waals surface area contributed by atoms with E-state index in [1.807, 2.05) is 0 Å². The molecule has 0 aliphatic carbocycles. The van der Waals surface area contributed by atoms with Gasteiger partial charge in [-0.2, -0.15) is 0 Å². The first-order valence-electron chi connectivity index (χ1n) is 5.46. The van der Waals surface area contributed by atoms with Gasteiger partial charge in [-0.05, 0) is 38.1 Å². The molecule has 0 bridgehead atoms. The molecule has 1 heterocycles. The van der Waals surface area contributed by atoms with Crippen LogP contribution in [0.5, 0.6) is 0 Å². The van der Waals surface area contributed by atoms with Gasteiger partial charge in [-0.25, -0.2) is 13.1 Å². The number of hydrazine groups is 1. The Hall–Kier alpha value is -2.06. The number of anilines is 2. The highest BCUT2D eigenvalue weighted by molar-refractivity contribution is 7.92. The molecule has 0 saturated carbocycles. The molecule has 0 unspecified atom stereocenters. The average molecular weight is 282 g/mol. The maximum absolute atomic E-state index is 12.1. The van der Waals surface area contributed by atoms with Crippen LogP contribution in [0, 0.1) is 13.8 Å². The molecule has 0 radical (unpaired) electrons. The van der Waals surface area contributed by atoms with Crippen molar-refractivity contribution in [1.82, 2.24) is 5.16 Å². The summed E-state index contributed by atoms with van der Waals surface area (Å²) in [5.41, 5.74) is 4.34. The van der Waals surface area contributed by atoms with Crippen LogP contribution >= 0.6 is 0 Å². The SMILES string of the molecule is Cc1noc(NS(=O)(=O)c2ccc(NN)cc2)c1C. The van der Waals surface area contributed by atoms with E-state index in [0.29, 0.717) is 16.9 Å². The molecule has 0 spiro atoms. The Bertz CT molecular complexity index is 676. The summed E-state index contributed by atoms with van der Waals surface area (Å²) in [5, 5.41) is 3.69. The summed E-state index contributed by atoms with van der Waals surface area (Å²) in [6.45, 7) is 3.46. The first-order valence-corrected chi connectivity index (χ1v) is 6.95. The van der Waals surface area contributed by atoms with Gasteiger partial charge in [0.15, 0.2) is 0 Å². The van der Waals surface area contributed by atoms with Gasteiger partial charge in [0.25, 0.3) is 10.0 Å². The van der Waals surface area contributed by atoms with Crippen LogP contribution in [-0.2, 0) is 10.0 Å². The molecule has 1 aromatic heterocycles. The second-order valence-corrected chi connectivity index (χ2v) is 5.68. The van der Waals surface area contributed by atoms with Crippen LogP contribution in [0.4, 0.5) is 11.6 Å². The Labute approximate surface area is 110 Å². The fourth-order valence-corrected chi connectivity index (χ4v) is 2.47. The van der Waals surface area contributed by atoms with Gasteiger partial charge in [-0.15, -0.1) is 0 Å². The summed E-state index contributed by atoms with van der Waals surface area (Å²) < 4.78 is 31.5. The number of benzene rings is 1. The molecule has 8 heteroatoms. The van der Waals surface area contributed by atoms with Crippen LogP contribution in [0.25, 0.3) is 0 Å². The summed E-state index contributed by atoms with van der Waals surface area (Å²) in [4.78, 5) is 0.111. The number of nitrogen functional groups attached to an aromatic ring is 1. The van der Waals surface area contributed by atoms with Crippen molar-refractivity contribution in [2.24, 2.45) is 5.84 Å². The molecular weight excluding hydrogens is 268 g/mol. The lowest BCUT2D eigenvalue weighted by molar-refractivity contribution is 0.430. The van der Waals surface area contributed by atoms with Crippen molar-refractivity contribution < 1.29 is 12.9 Å². The third-order valence-corrected chi connectivity index (χ3v) is 4.06. The Morgan fingerprint density at radius 1 is 1.21 bits per heavy atom. The van der Waals surface area contributed by atoms with Crippen LogP contribution in [0.1, 0.15) is 11.3 Å². The first-order chi connectivity index (χ1) is 8.94. The van der Waals surface area contributed by atoms with Crippen LogP contribution in [0.3, 0.4) is 0 Å². The Balaban J connectivity index is 2.29. The lowest BCUT2D eigenvalue weighted by Gasteiger charge is -2.06. The van der Waals surface area contributed by atoms with Crippen LogP contribution in [0.15, 0.2) is 33.7 Å². The van der Waals surface area contributed by atoms with E-state index in [1.54, 1.807) is 26.0 Å². The van der Waals surface area contributed by atoms with Gasteiger partial charge in [0.05, 0.1) is 10.6 Å². The molecule has 1 aromatic carbocycles. The zero-order valence-electron chi connectivity index (χ0n) is 10.5. The highest BCUT2D eigenvalue weighted by Crippen LogP contribution is 2.22. The van der Waals surface area contributed by atoms with Crippen LogP contribution in [0.2, 0.25) is 0 Å². The fraction of sp³-hybridized carbons (Fsp3) is 0.182. The third kappa shape index (κ3) is 2.69. The Morgan fingerprint density at radius 2 is 1.84 bits per heavy atom. The number of sulfonamides is 1. The van der Waals surface area contributed by atoms with Gasteiger partial charge < -0.3 is 9.95 Å². The quantitative estimate of drug-likeness (QED) is 0.577. The number of nitrogens with one attached hydrogen (secondary N) is 2. The van der Waals surface area contributed by atoms with Gasteiger partial charge in [0, 0.05) is 11.3 Å². The predicted molar refractivity (Wildman–Crippen MR) is 71.0 cm³/mol. The van der Waals surface area contributed by atoms with Gasteiger partial charge >= 0.3 is 0 Å². The van der Waals surface area contributed by atoms with Gasteiger partial charge in [0.2, 0.25) is 5.88 Å². The molecule has 0 saturated heterocycles. The normalized spacial score (nSPS) is 11.3. The highest BCUT2D eigenvalue weighted by Gasteiger charge is 2.18. The average Bonchev–Trinajstić information content (AvgIpc) is 2.70. The third-order valence-electron chi connectivity index (χ3n) is 2.72. The molecule has 4 N–H and O–H groups in total. The molecule has 19 heavy (non-hydrogen) atoms. The topological polar surface area (TPSA) is 110 Å². The zero-order valence-corrected chi connectivity index (χ0v) is 11.3. The molecule has 0 aliphatic heterocycles. The maximum atomic E-state index is 12.1. The van der Waals surface area contributed by atoms with Gasteiger partial charge in [-0.1, -0.05) is 5.16 Å². The maximum Gasteiger partial charge on any atom is 0.264 e. The largest absolute Gasteiger partial charge is 0.337 e. The Morgan fingerprint density at radius 3 is 2.32 bits per heavy atom. The minimum absolute atomic E-state index is 0.111. The molecule has 7 nitrogen and oxygen atoms in total. The standard InChI is InChI=1S/C11H14N4O3S/c1-7-8(2)14-18-11(7)15-19(16,17)10-5-3-9(13-12)4-6-10/h3-6,13,15H,12H2,1-2H3. The van der Waals surface area contributed by atoms with E-state index < -0.39 is 10.0 Å². The number of hydrogen-bond acceptors (Lipinski definition) is 6. The van der Waals surface area contributed by atoms with E-state index in [0.717, 1.165) is 0 Å². The fourth-order valence-electron chi connectivity index (χ4n) is 1.42. The number of hydrogen-bond donors (Lipinski definition) is 3. The molecule has 0 aliphatic rings. The predicted octanol–water partition coefficient (Wildman–Crippen LogP) is 1.38. The second-order valence-electron chi connectivity index (χ2n) is 4.00. The van der Waals surface area contributed by atoms with Crippen molar-refractivity contribution in [3.63, 3.8) is 0 Å². The molecule has 2 aromatic rings. The summed E-state index contributed by atoms with van der Waals surface area (Å²) in [7, 11) is -3.70. The van der Waals surface area contributed by atoms with Crippen molar-refractivity contribution in [3.05, 3.63) is 35.5 Å². The molecule has 102 valence electrons. The van der Waals surface area contributed by atoms with E-state index >= 15 is 0 Å². The van der Waals surface area contributed by atoms with E-state index in [2.05, 4.69) is 15.3 Å². The zero-order chi connectivity index (χ0) is 14.0. The number of nitrogens with zero attached hydrogens (tertiary/aromatic N) is 1. The molecule has 2 rings (SSSR count). The van der Waals surface area contributed by atoms with Crippen molar-refractivity contribution in [2.75, 3.05) is 10.1 Å². The molecular formula is C11H14N4O3S. The highest BCUT2D eigenvalue weighted by atomic mass is 32.2. The monoisotopic (exact) mass is 282 g/mol. The molecule has 0 atom stereocenters. The summed E-state index contributed by atoms with van der Waals surface area (Å²) in [6, 6.07) is 6.01. The second kappa shape index (κ2) is 4.90. The number of rotatable bonds is 4. The number of aromatic nitrogens is 1. The summed E-state index contributed by atoms with van der Waals surface area (Å²) >= 11 is 0. The first kappa shape index (κ1) is 13.4. The van der Waals surface area contributed by atoms with Crippen LogP contribution < -0.4 is 16.0 Å². The van der Waals surface area contributed by atoms with Gasteiger partial charge in [0.1, 0.15) is 0 Å². The van der Waals surface area contributed by atoms with E-state index in [1.165, 1.54) is 12.1 Å². The molecule has 0 amide bonds.